The highest BCUT2D eigenvalue weighted by molar-refractivity contribution is 9.09. The van der Waals surface area contributed by atoms with Crippen LogP contribution in [0.5, 0.6) is 0 Å². The van der Waals surface area contributed by atoms with E-state index in [1.165, 1.54) is 25.3 Å². The molecular weight excluding hydrogens is 300 g/mol. The molecule has 0 aromatic heterocycles. The highest BCUT2D eigenvalue weighted by Gasteiger charge is 2.20. The van der Waals surface area contributed by atoms with Gasteiger partial charge in [0.05, 0.1) is 0 Å². The molecule has 1 aliphatic heterocycles. The van der Waals surface area contributed by atoms with Gasteiger partial charge in [0.1, 0.15) is 11.6 Å². The maximum atomic E-state index is 13.6. The first-order valence-corrected chi connectivity index (χ1v) is 7.53. The molecule has 100 valence electrons. The quantitative estimate of drug-likeness (QED) is 0.760. The number of halogens is 3. The zero-order valence-corrected chi connectivity index (χ0v) is 11.9. The molecule has 1 saturated heterocycles. The SMILES string of the molecule is Fc1ccc(CN2CCCC(CCBr)C2)c(F)c1. The van der Waals surface area contributed by atoms with Crippen molar-refractivity contribution >= 4 is 15.9 Å². The van der Waals surface area contributed by atoms with Crippen molar-refractivity contribution in [2.24, 2.45) is 5.92 Å². The third kappa shape index (κ3) is 3.75. The van der Waals surface area contributed by atoms with Crippen molar-refractivity contribution in [1.29, 1.82) is 0 Å². The lowest BCUT2D eigenvalue weighted by atomic mass is 9.95. The number of benzene rings is 1. The summed E-state index contributed by atoms with van der Waals surface area (Å²) in [4.78, 5) is 2.27. The van der Waals surface area contributed by atoms with Crippen LogP contribution in [0.1, 0.15) is 24.8 Å². The Labute approximate surface area is 115 Å². The molecule has 1 nitrogen and oxygen atoms in total. The average Bonchev–Trinajstić information content (AvgIpc) is 2.34. The molecule has 2 rings (SSSR count). The lowest BCUT2D eigenvalue weighted by Gasteiger charge is -2.32. The number of piperidine rings is 1. The van der Waals surface area contributed by atoms with Crippen LogP contribution in [0.4, 0.5) is 8.78 Å². The molecule has 1 aromatic carbocycles. The van der Waals surface area contributed by atoms with E-state index in [2.05, 4.69) is 20.8 Å². The summed E-state index contributed by atoms with van der Waals surface area (Å²) in [6, 6.07) is 3.85. The fourth-order valence-corrected chi connectivity index (χ4v) is 3.22. The molecule has 4 heteroatoms. The van der Waals surface area contributed by atoms with Gasteiger partial charge in [0.2, 0.25) is 0 Å². The molecule has 0 bridgehead atoms. The fraction of sp³-hybridized carbons (Fsp3) is 0.571. The van der Waals surface area contributed by atoms with Crippen LogP contribution in [0.15, 0.2) is 18.2 Å². The summed E-state index contributed by atoms with van der Waals surface area (Å²) in [7, 11) is 0. The van der Waals surface area contributed by atoms with Gasteiger partial charge < -0.3 is 0 Å². The first-order chi connectivity index (χ1) is 8.69. The monoisotopic (exact) mass is 317 g/mol. The molecule has 0 spiro atoms. The van der Waals surface area contributed by atoms with Crippen LogP contribution in [-0.2, 0) is 6.54 Å². The van der Waals surface area contributed by atoms with E-state index in [4.69, 9.17) is 0 Å². The second-order valence-corrected chi connectivity index (χ2v) is 5.75. The molecule has 1 fully saturated rings. The smallest absolute Gasteiger partial charge is 0.130 e. The normalized spacial score (nSPS) is 21.2. The summed E-state index contributed by atoms with van der Waals surface area (Å²) in [6.07, 6.45) is 3.59. The van der Waals surface area contributed by atoms with Crippen molar-refractivity contribution in [3.8, 4) is 0 Å². The van der Waals surface area contributed by atoms with Crippen LogP contribution in [0.3, 0.4) is 0 Å². The van der Waals surface area contributed by atoms with Crippen molar-refractivity contribution in [1.82, 2.24) is 4.90 Å². The zero-order chi connectivity index (χ0) is 13.0. The summed E-state index contributed by atoms with van der Waals surface area (Å²) >= 11 is 3.47. The predicted octanol–water partition coefficient (Wildman–Crippen LogP) is 3.96. The Morgan fingerprint density at radius 1 is 1.33 bits per heavy atom. The van der Waals surface area contributed by atoms with E-state index >= 15 is 0 Å². The van der Waals surface area contributed by atoms with Gasteiger partial charge in [-0.1, -0.05) is 22.0 Å². The van der Waals surface area contributed by atoms with Gasteiger partial charge in [-0.05, 0) is 37.8 Å². The molecular formula is C14H18BrF2N. The molecule has 0 aliphatic carbocycles. The van der Waals surface area contributed by atoms with E-state index in [9.17, 15) is 8.78 Å². The largest absolute Gasteiger partial charge is 0.299 e. The Bertz CT molecular complexity index is 395. The zero-order valence-electron chi connectivity index (χ0n) is 10.3. The summed E-state index contributed by atoms with van der Waals surface area (Å²) in [5.41, 5.74) is 0.593. The van der Waals surface area contributed by atoms with Crippen LogP contribution >= 0.6 is 15.9 Å². The number of rotatable bonds is 4. The highest BCUT2D eigenvalue weighted by atomic mass is 79.9. The first-order valence-electron chi connectivity index (χ1n) is 6.41. The summed E-state index contributed by atoms with van der Waals surface area (Å²) in [5.74, 6) is -0.244. The van der Waals surface area contributed by atoms with Crippen molar-refractivity contribution < 1.29 is 8.78 Å². The molecule has 0 N–H and O–H groups in total. The molecule has 1 unspecified atom stereocenters. The van der Waals surface area contributed by atoms with Crippen LogP contribution < -0.4 is 0 Å². The van der Waals surface area contributed by atoms with Crippen LogP contribution in [0.2, 0.25) is 0 Å². The highest BCUT2D eigenvalue weighted by Crippen LogP contribution is 2.22. The predicted molar refractivity (Wildman–Crippen MR) is 72.8 cm³/mol. The van der Waals surface area contributed by atoms with Crippen molar-refractivity contribution in [2.75, 3.05) is 18.4 Å². The molecule has 1 aromatic rings. The minimum Gasteiger partial charge on any atom is -0.299 e. The van der Waals surface area contributed by atoms with Gasteiger partial charge in [-0.3, -0.25) is 4.90 Å². The fourth-order valence-electron chi connectivity index (χ4n) is 2.58. The number of alkyl halides is 1. The standard InChI is InChI=1S/C14H18BrF2N/c15-6-5-11-2-1-7-18(9-11)10-12-3-4-13(16)8-14(12)17/h3-4,8,11H,1-2,5-7,9-10H2. The van der Waals surface area contributed by atoms with Gasteiger partial charge in [0.25, 0.3) is 0 Å². The summed E-state index contributed by atoms with van der Waals surface area (Å²) < 4.78 is 26.4. The first kappa shape index (κ1) is 13.9. The third-order valence-corrected chi connectivity index (χ3v) is 3.99. The number of nitrogens with zero attached hydrogens (tertiary/aromatic N) is 1. The Kier molecular flexibility index (Phi) is 5.13. The van der Waals surface area contributed by atoms with Gasteiger partial charge in [0, 0.05) is 30.0 Å². The molecule has 1 aliphatic rings. The Hall–Kier alpha value is -0.480. The second-order valence-electron chi connectivity index (χ2n) is 4.96. The Morgan fingerprint density at radius 2 is 2.17 bits per heavy atom. The Morgan fingerprint density at radius 3 is 2.89 bits per heavy atom. The summed E-state index contributed by atoms with van der Waals surface area (Å²) in [5, 5.41) is 1.02. The van der Waals surface area contributed by atoms with Crippen LogP contribution in [0, 0.1) is 17.6 Å². The number of likely N-dealkylation sites (tertiary alicyclic amines) is 1. The van der Waals surface area contributed by atoms with Gasteiger partial charge >= 0.3 is 0 Å². The van der Waals surface area contributed by atoms with Crippen LogP contribution in [0.25, 0.3) is 0 Å². The molecule has 0 radical (unpaired) electrons. The van der Waals surface area contributed by atoms with E-state index in [1.54, 1.807) is 6.07 Å². The second kappa shape index (κ2) is 6.62. The maximum absolute atomic E-state index is 13.6. The van der Waals surface area contributed by atoms with Gasteiger partial charge in [-0.2, -0.15) is 0 Å². The minimum absolute atomic E-state index is 0.433. The number of hydrogen-bond donors (Lipinski definition) is 0. The molecule has 0 amide bonds. The van der Waals surface area contributed by atoms with Crippen molar-refractivity contribution in [3.05, 3.63) is 35.4 Å². The van der Waals surface area contributed by atoms with E-state index in [-0.39, 0.29) is 0 Å². The number of hydrogen-bond acceptors (Lipinski definition) is 1. The lowest BCUT2D eigenvalue weighted by Crippen LogP contribution is -2.35. The summed E-state index contributed by atoms with van der Waals surface area (Å²) in [6.45, 7) is 2.61. The van der Waals surface area contributed by atoms with E-state index < -0.39 is 11.6 Å². The molecule has 18 heavy (non-hydrogen) atoms. The lowest BCUT2D eigenvalue weighted by molar-refractivity contribution is 0.164. The topological polar surface area (TPSA) is 3.24 Å². The van der Waals surface area contributed by atoms with Gasteiger partial charge in [-0.25, -0.2) is 8.78 Å². The third-order valence-electron chi connectivity index (χ3n) is 3.53. The Balaban J connectivity index is 1.96. The molecule has 0 saturated carbocycles. The average molecular weight is 318 g/mol. The molecule has 1 heterocycles. The maximum Gasteiger partial charge on any atom is 0.130 e. The van der Waals surface area contributed by atoms with Gasteiger partial charge in [0.15, 0.2) is 0 Å². The van der Waals surface area contributed by atoms with Crippen molar-refractivity contribution in [3.63, 3.8) is 0 Å². The van der Waals surface area contributed by atoms with E-state index in [0.29, 0.717) is 18.0 Å². The van der Waals surface area contributed by atoms with E-state index in [0.717, 1.165) is 24.5 Å². The van der Waals surface area contributed by atoms with Gasteiger partial charge in [-0.15, -0.1) is 0 Å². The van der Waals surface area contributed by atoms with E-state index in [1.807, 2.05) is 0 Å². The van der Waals surface area contributed by atoms with Crippen LogP contribution in [-0.4, -0.2) is 23.3 Å². The molecule has 1 atom stereocenters. The minimum atomic E-state index is -0.507. The van der Waals surface area contributed by atoms with Crippen molar-refractivity contribution in [2.45, 2.75) is 25.8 Å².